The zero-order chi connectivity index (χ0) is 15.4. The Kier molecular flexibility index (Phi) is 4.64. The van der Waals surface area contributed by atoms with Crippen molar-refractivity contribution in [2.24, 2.45) is 18.7 Å². The van der Waals surface area contributed by atoms with Gasteiger partial charge in [0.1, 0.15) is 0 Å². The molecule has 2 rings (SSSR count). The molecular weight excluding hydrogens is 268 g/mol. The SMILES string of the molecule is CC(C)C[C@H](N)C(=O)Nc1cccc(-c2nnnn2C)c1. The summed E-state index contributed by atoms with van der Waals surface area (Å²) in [5.74, 6) is 0.830. The molecule has 0 radical (unpaired) electrons. The van der Waals surface area contributed by atoms with Crippen LogP contribution < -0.4 is 11.1 Å². The predicted octanol–water partition coefficient (Wildman–Crippen LogP) is 1.19. The van der Waals surface area contributed by atoms with Gasteiger partial charge in [-0.1, -0.05) is 26.0 Å². The minimum Gasteiger partial charge on any atom is -0.325 e. The number of hydrogen-bond acceptors (Lipinski definition) is 5. The lowest BCUT2D eigenvalue weighted by molar-refractivity contribution is -0.117. The van der Waals surface area contributed by atoms with Gasteiger partial charge >= 0.3 is 0 Å². The molecule has 7 nitrogen and oxygen atoms in total. The summed E-state index contributed by atoms with van der Waals surface area (Å²) < 4.78 is 1.57. The fourth-order valence-corrected chi connectivity index (χ4v) is 2.06. The summed E-state index contributed by atoms with van der Waals surface area (Å²) in [5.41, 5.74) is 7.39. The molecule has 3 N–H and O–H groups in total. The zero-order valence-electron chi connectivity index (χ0n) is 12.4. The van der Waals surface area contributed by atoms with E-state index in [9.17, 15) is 4.79 Å². The molecule has 21 heavy (non-hydrogen) atoms. The van der Waals surface area contributed by atoms with E-state index in [1.807, 2.05) is 38.1 Å². The fraction of sp³-hybridized carbons (Fsp3) is 0.429. The molecule has 2 aromatic rings. The molecule has 1 heterocycles. The number of tetrazole rings is 1. The number of benzene rings is 1. The summed E-state index contributed by atoms with van der Waals surface area (Å²) in [4.78, 5) is 12.0. The normalized spacial score (nSPS) is 12.4. The van der Waals surface area contributed by atoms with Crippen LogP contribution in [0.4, 0.5) is 5.69 Å². The first-order chi connectivity index (χ1) is 9.97. The topological polar surface area (TPSA) is 98.7 Å². The van der Waals surface area contributed by atoms with E-state index in [0.29, 0.717) is 23.9 Å². The van der Waals surface area contributed by atoms with Gasteiger partial charge < -0.3 is 11.1 Å². The summed E-state index contributed by atoms with van der Waals surface area (Å²) in [7, 11) is 1.76. The second-order valence-corrected chi connectivity index (χ2v) is 5.43. The van der Waals surface area contributed by atoms with Crippen LogP contribution in [0, 0.1) is 5.92 Å². The Morgan fingerprint density at radius 3 is 2.81 bits per heavy atom. The Balaban J connectivity index is 2.12. The van der Waals surface area contributed by atoms with Gasteiger partial charge in [0.05, 0.1) is 6.04 Å². The van der Waals surface area contributed by atoms with Crippen LogP contribution in [-0.2, 0) is 11.8 Å². The van der Waals surface area contributed by atoms with Gasteiger partial charge in [0.2, 0.25) is 5.91 Å². The van der Waals surface area contributed by atoms with Crippen LogP contribution in [0.2, 0.25) is 0 Å². The van der Waals surface area contributed by atoms with E-state index in [1.54, 1.807) is 11.7 Å². The van der Waals surface area contributed by atoms with Crippen LogP contribution >= 0.6 is 0 Å². The number of nitrogens with two attached hydrogens (primary N) is 1. The molecule has 1 aromatic heterocycles. The smallest absolute Gasteiger partial charge is 0.241 e. The van der Waals surface area contributed by atoms with E-state index < -0.39 is 6.04 Å². The van der Waals surface area contributed by atoms with Gasteiger partial charge in [-0.2, -0.15) is 0 Å². The summed E-state index contributed by atoms with van der Waals surface area (Å²) in [6.07, 6.45) is 0.652. The van der Waals surface area contributed by atoms with Crippen LogP contribution in [0.1, 0.15) is 20.3 Å². The summed E-state index contributed by atoms with van der Waals surface area (Å²) in [6.45, 7) is 4.07. The number of rotatable bonds is 5. The van der Waals surface area contributed by atoms with Gasteiger partial charge in [0.15, 0.2) is 5.82 Å². The number of aromatic nitrogens is 4. The van der Waals surface area contributed by atoms with Crippen molar-refractivity contribution >= 4 is 11.6 Å². The van der Waals surface area contributed by atoms with Crippen molar-refractivity contribution in [3.8, 4) is 11.4 Å². The number of nitrogens with one attached hydrogen (secondary N) is 1. The first-order valence-corrected chi connectivity index (χ1v) is 6.86. The van der Waals surface area contributed by atoms with Crippen LogP contribution in [0.3, 0.4) is 0 Å². The van der Waals surface area contributed by atoms with Crippen LogP contribution in [0.5, 0.6) is 0 Å². The molecule has 0 bridgehead atoms. The molecule has 0 fully saturated rings. The molecule has 1 amide bonds. The van der Waals surface area contributed by atoms with Crippen LogP contribution in [-0.4, -0.2) is 32.2 Å². The molecule has 0 aliphatic rings. The summed E-state index contributed by atoms with van der Waals surface area (Å²) in [5, 5.41) is 14.2. The van der Waals surface area contributed by atoms with Gasteiger partial charge in [-0.15, -0.1) is 5.10 Å². The first-order valence-electron chi connectivity index (χ1n) is 6.86. The average Bonchev–Trinajstić information content (AvgIpc) is 2.84. The van der Waals surface area contributed by atoms with Crippen LogP contribution in [0.25, 0.3) is 11.4 Å². The number of aryl methyl sites for hydroxylation is 1. The maximum atomic E-state index is 12.0. The highest BCUT2D eigenvalue weighted by molar-refractivity contribution is 5.95. The van der Waals surface area contributed by atoms with Crippen LogP contribution in [0.15, 0.2) is 24.3 Å². The molecule has 0 aliphatic heterocycles. The summed E-state index contributed by atoms with van der Waals surface area (Å²) >= 11 is 0. The Labute approximate surface area is 123 Å². The highest BCUT2D eigenvalue weighted by atomic mass is 16.2. The van der Waals surface area contributed by atoms with Gasteiger partial charge in [-0.25, -0.2) is 4.68 Å². The quantitative estimate of drug-likeness (QED) is 0.861. The Bertz CT molecular complexity index is 621. The molecule has 0 saturated carbocycles. The molecule has 0 aliphatic carbocycles. The second-order valence-electron chi connectivity index (χ2n) is 5.43. The second kappa shape index (κ2) is 6.45. The minimum atomic E-state index is -0.509. The third kappa shape index (κ3) is 3.85. The van der Waals surface area contributed by atoms with Crippen molar-refractivity contribution < 1.29 is 4.79 Å². The number of carbonyl (C=O) groups excluding carboxylic acids is 1. The molecule has 112 valence electrons. The van der Waals surface area contributed by atoms with Crippen molar-refractivity contribution in [1.82, 2.24) is 20.2 Å². The van der Waals surface area contributed by atoms with Crippen molar-refractivity contribution in [1.29, 1.82) is 0 Å². The molecule has 0 unspecified atom stereocenters. The van der Waals surface area contributed by atoms with E-state index in [-0.39, 0.29) is 5.91 Å². The predicted molar refractivity (Wildman–Crippen MR) is 80.3 cm³/mol. The van der Waals surface area contributed by atoms with E-state index in [1.165, 1.54) is 0 Å². The Morgan fingerprint density at radius 1 is 1.43 bits per heavy atom. The monoisotopic (exact) mass is 288 g/mol. The number of nitrogens with zero attached hydrogens (tertiary/aromatic N) is 4. The average molecular weight is 288 g/mol. The molecule has 1 aromatic carbocycles. The van der Waals surface area contributed by atoms with Gasteiger partial charge in [0.25, 0.3) is 0 Å². The lowest BCUT2D eigenvalue weighted by Gasteiger charge is -2.14. The maximum Gasteiger partial charge on any atom is 0.241 e. The minimum absolute atomic E-state index is 0.183. The largest absolute Gasteiger partial charge is 0.325 e. The highest BCUT2D eigenvalue weighted by Crippen LogP contribution is 2.19. The van der Waals surface area contributed by atoms with Gasteiger partial charge in [-0.3, -0.25) is 4.79 Å². The molecule has 7 heteroatoms. The number of hydrogen-bond donors (Lipinski definition) is 2. The number of carbonyl (C=O) groups is 1. The number of anilines is 1. The molecule has 0 saturated heterocycles. The standard InChI is InChI=1S/C14H20N6O/c1-9(2)7-12(15)14(21)16-11-6-4-5-10(8-11)13-17-18-19-20(13)3/h4-6,8-9,12H,7,15H2,1-3H3,(H,16,21)/t12-/m0/s1. The van der Waals surface area contributed by atoms with Crippen molar-refractivity contribution in [2.45, 2.75) is 26.3 Å². The lowest BCUT2D eigenvalue weighted by Crippen LogP contribution is -2.36. The van der Waals surface area contributed by atoms with E-state index in [0.717, 1.165) is 5.56 Å². The van der Waals surface area contributed by atoms with E-state index >= 15 is 0 Å². The third-order valence-corrected chi connectivity index (χ3v) is 3.07. The van der Waals surface area contributed by atoms with Gasteiger partial charge in [0, 0.05) is 18.3 Å². The molecule has 1 atom stereocenters. The molecular formula is C14H20N6O. The third-order valence-electron chi connectivity index (χ3n) is 3.07. The van der Waals surface area contributed by atoms with Gasteiger partial charge in [-0.05, 0) is 34.9 Å². The zero-order valence-corrected chi connectivity index (χ0v) is 12.4. The fourth-order valence-electron chi connectivity index (χ4n) is 2.06. The van der Waals surface area contributed by atoms with Crippen molar-refractivity contribution in [3.05, 3.63) is 24.3 Å². The van der Waals surface area contributed by atoms with Crippen molar-refractivity contribution in [3.63, 3.8) is 0 Å². The maximum absolute atomic E-state index is 12.0. The van der Waals surface area contributed by atoms with E-state index in [4.69, 9.17) is 5.73 Å². The Morgan fingerprint density at radius 2 is 2.19 bits per heavy atom. The first kappa shape index (κ1) is 15.1. The van der Waals surface area contributed by atoms with E-state index in [2.05, 4.69) is 20.8 Å². The lowest BCUT2D eigenvalue weighted by atomic mass is 10.0. The Hall–Kier alpha value is -2.28. The highest BCUT2D eigenvalue weighted by Gasteiger charge is 2.15. The molecule has 0 spiro atoms. The number of amides is 1. The van der Waals surface area contributed by atoms with Crippen molar-refractivity contribution in [2.75, 3.05) is 5.32 Å². The summed E-state index contributed by atoms with van der Waals surface area (Å²) in [6, 6.07) is 6.85.